The lowest BCUT2D eigenvalue weighted by Gasteiger charge is -2.26. The molecule has 30 heavy (non-hydrogen) atoms. The first-order chi connectivity index (χ1) is 14.1. The Hall–Kier alpha value is -2.83. The van der Waals surface area contributed by atoms with Gasteiger partial charge in [0.1, 0.15) is 11.1 Å². The van der Waals surface area contributed by atoms with E-state index in [1.807, 2.05) is 6.07 Å². The van der Waals surface area contributed by atoms with E-state index in [1.54, 1.807) is 16.7 Å². The number of phenolic OH excluding ortho intramolecular Hbond substituents is 1. The van der Waals surface area contributed by atoms with E-state index in [2.05, 4.69) is 40.2 Å². The quantitative estimate of drug-likeness (QED) is 0.591. The maximum Gasteiger partial charge on any atom is 0.328 e. The number of nitrogens with zero attached hydrogens (tertiary/aromatic N) is 2. The number of aromatic hydroxyl groups is 1. The van der Waals surface area contributed by atoms with Gasteiger partial charge in [0.05, 0.1) is 5.52 Å². The van der Waals surface area contributed by atoms with E-state index in [9.17, 15) is 14.7 Å². The minimum absolute atomic E-state index is 0. The Morgan fingerprint density at radius 2 is 1.73 bits per heavy atom. The lowest BCUT2D eigenvalue weighted by atomic mass is 9.99. The van der Waals surface area contributed by atoms with Gasteiger partial charge in [-0.2, -0.15) is 0 Å². The average Bonchev–Trinajstić information content (AvgIpc) is 2.74. The summed E-state index contributed by atoms with van der Waals surface area (Å²) in [6, 6.07) is 15.3. The van der Waals surface area contributed by atoms with Crippen molar-refractivity contribution in [3.63, 3.8) is 0 Å². The molecule has 6 nitrogen and oxygen atoms in total. The van der Waals surface area contributed by atoms with Crippen LogP contribution in [0.2, 0.25) is 0 Å². The van der Waals surface area contributed by atoms with Crippen LogP contribution in [0.15, 0.2) is 64.2 Å². The van der Waals surface area contributed by atoms with E-state index in [0.717, 1.165) is 38.9 Å². The van der Waals surface area contributed by atoms with Crippen LogP contribution in [0.1, 0.15) is 24.8 Å². The summed E-state index contributed by atoms with van der Waals surface area (Å²) < 4.78 is 1.54. The standard InChI is InChI=1S/C23H25N3O3.ClH/c27-20-10-6-9-19-21(20)22(28)24-23(29)26(19)14-5-4-13-25-15-11-18(12-16-25)17-7-2-1-3-8-17;/h1-3,6-11,27H,4-5,12-16H2,(H,24,28,29);1H. The summed E-state index contributed by atoms with van der Waals surface area (Å²) in [4.78, 5) is 29.0. The highest BCUT2D eigenvalue weighted by Gasteiger charge is 2.13. The van der Waals surface area contributed by atoms with Gasteiger partial charge in [-0.1, -0.05) is 42.5 Å². The Morgan fingerprint density at radius 1 is 0.967 bits per heavy atom. The number of phenols is 1. The van der Waals surface area contributed by atoms with E-state index in [4.69, 9.17) is 0 Å². The van der Waals surface area contributed by atoms with Crippen molar-refractivity contribution in [2.45, 2.75) is 25.8 Å². The van der Waals surface area contributed by atoms with E-state index in [0.29, 0.717) is 12.1 Å². The SMILES string of the molecule is Cl.O=c1[nH]c(=O)n(CCCCN2CC=C(c3ccccc3)CC2)c2cccc(O)c12. The summed E-state index contributed by atoms with van der Waals surface area (Å²) in [6.45, 7) is 3.46. The number of aryl methyl sites for hydroxylation is 1. The fraction of sp³-hybridized carbons (Fsp3) is 0.304. The molecular formula is C23H26ClN3O3. The largest absolute Gasteiger partial charge is 0.507 e. The average molecular weight is 428 g/mol. The van der Waals surface area contributed by atoms with Crippen molar-refractivity contribution in [1.82, 2.24) is 14.5 Å². The molecule has 0 amide bonds. The molecule has 0 aliphatic carbocycles. The molecule has 0 spiro atoms. The van der Waals surface area contributed by atoms with Crippen molar-refractivity contribution >= 4 is 28.9 Å². The Morgan fingerprint density at radius 3 is 2.47 bits per heavy atom. The maximum atomic E-state index is 12.2. The predicted octanol–water partition coefficient (Wildman–Crippen LogP) is 3.39. The molecule has 0 fully saturated rings. The minimum atomic E-state index is -0.548. The van der Waals surface area contributed by atoms with Crippen LogP contribution in [-0.2, 0) is 6.54 Å². The van der Waals surface area contributed by atoms with Gasteiger partial charge in [-0.3, -0.25) is 19.2 Å². The molecule has 0 saturated heterocycles. The van der Waals surface area contributed by atoms with Gasteiger partial charge in [-0.15, -0.1) is 12.4 Å². The van der Waals surface area contributed by atoms with E-state index >= 15 is 0 Å². The predicted molar refractivity (Wildman–Crippen MR) is 122 cm³/mol. The Bertz CT molecular complexity index is 1150. The van der Waals surface area contributed by atoms with Gasteiger partial charge in [0, 0.05) is 19.6 Å². The highest BCUT2D eigenvalue weighted by Crippen LogP contribution is 2.22. The molecule has 7 heteroatoms. The lowest BCUT2D eigenvalue weighted by molar-refractivity contribution is 0.292. The number of H-pyrrole nitrogens is 1. The summed E-state index contributed by atoms with van der Waals surface area (Å²) in [5.74, 6) is -0.105. The molecule has 0 atom stereocenters. The van der Waals surface area contributed by atoms with Gasteiger partial charge in [-0.25, -0.2) is 4.79 Å². The number of fused-ring (bicyclic) bond motifs is 1. The van der Waals surface area contributed by atoms with Crippen LogP contribution in [0.25, 0.3) is 16.5 Å². The van der Waals surface area contributed by atoms with Crippen molar-refractivity contribution in [2.75, 3.05) is 19.6 Å². The van der Waals surface area contributed by atoms with Gasteiger partial charge in [-0.05, 0) is 49.1 Å². The minimum Gasteiger partial charge on any atom is -0.507 e. The topological polar surface area (TPSA) is 78.3 Å². The molecule has 0 saturated carbocycles. The molecule has 2 N–H and O–H groups in total. The van der Waals surface area contributed by atoms with E-state index in [-0.39, 0.29) is 23.5 Å². The number of nitrogens with one attached hydrogen (secondary N) is 1. The maximum absolute atomic E-state index is 12.2. The van der Waals surface area contributed by atoms with Gasteiger partial charge in [0.25, 0.3) is 5.56 Å². The van der Waals surface area contributed by atoms with Crippen molar-refractivity contribution in [3.8, 4) is 5.75 Å². The zero-order valence-corrected chi connectivity index (χ0v) is 17.5. The normalized spacial score (nSPS) is 14.3. The summed E-state index contributed by atoms with van der Waals surface area (Å²) >= 11 is 0. The monoisotopic (exact) mass is 427 g/mol. The third-order valence-corrected chi connectivity index (χ3v) is 5.55. The summed E-state index contributed by atoms with van der Waals surface area (Å²) in [5.41, 5.74) is 2.22. The fourth-order valence-corrected chi connectivity index (χ4v) is 3.98. The molecule has 2 heterocycles. The van der Waals surface area contributed by atoms with Crippen molar-refractivity contribution in [1.29, 1.82) is 0 Å². The number of rotatable bonds is 6. The van der Waals surface area contributed by atoms with Crippen LogP contribution in [0.3, 0.4) is 0 Å². The van der Waals surface area contributed by atoms with Crippen molar-refractivity contribution < 1.29 is 5.11 Å². The molecule has 3 aromatic rings. The molecule has 158 valence electrons. The molecule has 0 bridgehead atoms. The van der Waals surface area contributed by atoms with Crippen molar-refractivity contribution in [3.05, 3.63) is 81.0 Å². The van der Waals surface area contributed by atoms with Gasteiger partial charge < -0.3 is 5.11 Å². The van der Waals surface area contributed by atoms with E-state index in [1.165, 1.54) is 17.2 Å². The van der Waals surface area contributed by atoms with E-state index < -0.39 is 11.2 Å². The summed E-state index contributed by atoms with van der Waals surface area (Å²) in [6.07, 6.45) is 5.14. The van der Waals surface area contributed by atoms with Gasteiger partial charge in [0.2, 0.25) is 0 Å². The van der Waals surface area contributed by atoms with Crippen LogP contribution < -0.4 is 11.2 Å². The number of aromatic amines is 1. The summed E-state index contributed by atoms with van der Waals surface area (Å²) in [5, 5.41) is 10.1. The van der Waals surface area contributed by atoms with Crippen LogP contribution in [0.5, 0.6) is 5.75 Å². The summed E-state index contributed by atoms with van der Waals surface area (Å²) in [7, 11) is 0. The fourth-order valence-electron chi connectivity index (χ4n) is 3.98. The molecule has 4 rings (SSSR count). The molecule has 0 radical (unpaired) electrons. The lowest BCUT2D eigenvalue weighted by Crippen LogP contribution is -2.31. The molecule has 0 unspecified atom stereocenters. The number of aromatic nitrogens is 2. The number of benzene rings is 2. The van der Waals surface area contributed by atoms with Gasteiger partial charge in [0.15, 0.2) is 0 Å². The zero-order valence-electron chi connectivity index (χ0n) is 16.7. The molecule has 1 aliphatic heterocycles. The van der Waals surface area contributed by atoms with Crippen LogP contribution >= 0.6 is 12.4 Å². The van der Waals surface area contributed by atoms with Crippen LogP contribution in [0, 0.1) is 0 Å². The second-order valence-electron chi connectivity index (χ2n) is 7.44. The molecule has 2 aromatic carbocycles. The Kier molecular flexibility index (Phi) is 7.13. The molecule has 1 aliphatic rings. The van der Waals surface area contributed by atoms with Crippen LogP contribution in [0.4, 0.5) is 0 Å². The van der Waals surface area contributed by atoms with Crippen LogP contribution in [-0.4, -0.2) is 39.2 Å². The smallest absolute Gasteiger partial charge is 0.328 e. The second-order valence-corrected chi connectivity index (χ2v) is 7.44. The number of halogens is 1. The van der Waals surface area contributed by atoms with Crippen molar-refractivity contribution in [2.24, 2.45) is 0 Å². The zero-order chi connectivity index (χ0) is 20.2. The number of hydrogen-bond donors (Lipinski definition) is 2. The molecular weight excluding hydrogens is 402 g/mol. The first kappa shape index (κ1) is 21.9. The highest BCUT2D eigenvalue weighted by molar-refractivity contribution is 5.85. The molecule has 1 aromatic heterocycles. The highest BCUT2D eigenvalue weighted by atomic mass is 35.5. The first-order valence-electron chi connectivity index (χ1n) is 10.0. The first-order valence-corrected chi connectivity index (χ1v) is 10.0. The Balaban J connectivity index is 0.00000256. The van der Waals surface area contributed by atoms with Gasteiger partial charge >= 0.3 is 5.69 Å². The Labute approximate surface area is 180 Å². The third-order valence-electron chi connectivity index (χ3n) is 5.55. The number of unbranched alkanes of at least 4 members (excludes halogenated alkanes) is 1. The number of hydrogen-bond acceptors (Lipinski definition) is 4. The third kappa shape index (κ3) is 4.66. The second kappa shape index (κ2) is 9.78.